The zero-order chi connectivity index (χ0) is 14.7. The average Bonchev–Trinajstić information content (AvgIpc) is 3.32. The monoisotopic (exact) mass is 302 g/mol. The van der Waals surface area contributed by atoms with Crippen molar-refractivity contribution in [1.29, 1.82) is 0 Å². The highest BCUT2D eigenvalue weighted by Gasteiger charge is 2.27. The summed E-state index contributed by atoms with van der Waals surface area (Å²) in [6, 6.07) is 12.1. The van der Waals surface area contributed by atoms with Crippen molar-refractivity contribution in [3.8, 4) is 0 Å². The summed E-state index contributed by atoms with van der Waals surface area (Å²) in [5.41, 5.74) is 1.21. The van der Waals surface area contributed by atoms with E-state index in [1.807, 2.05) is 18.2 Å². The van der Waals surface area contributed by atoms with E-state index in [1.165, 1.54) is 18.5 Å². The van der Waals surface area contributed by atoms with E-state index in [4.69, 9.17) is 11.6 Å². The van der Waals surface area contributed by atoms with E-state index >= 15 is 0 Å². The number of rotatable bonds is 6. The van der Waals surface area contributed by atoms with Gasteiger partial charge in [0.25, 0.3) is 0 Å². The minimum atomic E-state index is 0.510. The number of hydrogen-bond acceptors (Lipinski definition) is 4. The third kappa shape index (κ3) is 3.85. The van der Waals surface area contributed by atoms with E-state index in [-0.39, 0.29) is 0 Å². The van der Waals surface area contributed by atoms with Gasteiger partial charge in [0.2, 0.25) is 0 Å². The molecule has 1 N–H and O–H groups in total. The Morgan fingerprint density at radius 3 is 2.71 bits per heavy atom. The van der Waals surface area contributed by atoms with Crippen molar-refractivity contribution in [3.63, 3.8) is 0 Å². The standard InChI is InChI=1S/C16H19ClN4/c1-21(13-5-3-2-4-6-13)10-9-18-15-11-14(17)19-16(20-15)12-7-8-12/h2-6,11-12H,7-10H2,1H3,(H,18,19,20). The molecule has 1 heterocycles. The number of anilines is 2. The number of aromatic nitrogens is 2. The van der Waals surface area contributed by atoms with Gasteiger partial charge in [-0.15, -0.1) is 0 Å². The fourth-order valence-electron chi connectivity index (χ4n) is 2.21. The molecule has 5 heteroatoms. The van der Waals surface area contributed by atoms with Crippen molar-refractivity contribution in [2.75, 3.05) is 30.4 Å². The van der Waals surface area contributed by atoms with Crippen LogP contribution in [0.5, 0.6) is 0 Å². The molecule has 0 radical (unpaired) electrons. The molecule has 1 aliphatic carbocycles. The summed E-state index contributed by atoms with van der Waals surface area (Å²) in [5, 5.41) is 3.85. The summed E-state index contributed by atoms with van der Waals surface area (Å²) >= 11 is 6.06. The topological polar surface area (TPSA) is 41.0 Å². The molecule has 0 atom stereocenters. The molecule has 4 nitrogen and oxygen atoms in total. The van der Waals surface area contributed by atoms with Crippen LogP contribution in [0.1, 0.15) is 24.6 Å². The van der Waals surface area contributed by atoms with E-state index in [1.54, 1.807) is 6.07 Å². The van der Waals surface area contributed by atoms with Gasteiger partial charge in [0, 0.05) is 37.8 Å². The molecule has 0 bridgehead atoms. The Morgan fingerprint density at radius 2 is 2.00 bits per heavy atom. The molecule has 0 unspecified atom stereocenters. The molecule has 21 heavy (non-hydrogen) atoms. The fraction of sp³-hybridized carbons (Fsp3) is 0.375. The molecule has 1 fully saturated rings. The molecule has 110 valence electrons. The Hall–Kier alpha value is -1.81. The van der Waals surface area contributed by atoms with Crippen LogP contribution in [0.4, 0.5) is 11.5 Å². The molecule has 0 amide bonds. The molecule has 2 aromatic rings. The lowest BCUT2D eigenvalue weighted by Crippen LogP contribution is -2.25. The molecule has 0 spiro atoms. The van der Waals surface area contributed by atoms with Gasteiger partial charge in [0.15, 0.2) is 0 Å². The van der Waals surface area contributed by atoms with Gasteiger partial charge in [-0.2, -0.15) is 0 Å². The molecule has 1 aliphatic rings. The number of nitrogens with zero attached hydrogens (tertiary/aromatic N) is 3. The normalized spacial score (nSPS) is 14.0. The van der Waals surface area contributed by atoms with Crippen molar-refractivity contribution in [3.05, 3.63) is 47.4 Å². The Morgan fingerprint density at radius 1 is 1.24 bits per heavy atom. The summed E-state index contributed by atoms with van der Waals surface area (Å²) in [7, 11) is 2.08. The van der Waals surface area contributed by atoms with Crippen molar-refractivity contribution < 1.29 is 0 Å². The number of hydrogen-bond donors (Lipinski definition) is 1. The minimum absolute atomic E-state index is 0.510. The van der Waals surface area contributed by atoms with Crippen LogP contribution in [-0.4, -0.2) is 30.1 Å². The lowest BCUT2D eigenvalue weighted by atomic mass is 10.3. The second kappa shape index (κ2) is 6.31. The van der Waals surface area contributed by atoms with Crippen molar-refractivity contribution >= 4 is 23.1 Å². The van der Waals surface area contributed by atoms with Gasteiger partial charge in [-0.3, -0.25) is 0 Å². The molecule has 0 aliphatic heterocycles. The largest absolute Gasteiger partial charge is 0.373 e. The van der Waals surface area contributed by atoms with E-state index in [0.717, 1.165) is 24.7 Å². The zero-order valence-corrected chi connectivity index (χ0v) is 12.8. The number of nitrogens with one attached hydrogen (secondary N) is 1. The Bertz CT molecular complexity index is 598. The number of para-hydroxylation sites is 1. The summed E-state index contributed by atoms with van der Waals surface area (Å²) < 4.78 is 0. The van der Waals surface area contributed by atoms with Crippen LogP contribution < -0.4 is 10.2 Å². The lowest BCUT2D eigenvalue weighted by Gasteiger charge is -2.19. The van der Waals surface area contributed by atoms with Crippen molar-refractivity contribution in [2.24, 2.45) is 0 Å². The zero-order valence-electron chi connectivity index (χ0n) is 12.1. The molecular formula is C16H19ClN4. The molecule has 1 aromatic carbocycles. The summed E-state index contributed by atoms with van der Waals surface area (Å²) in [4.78, 5) is 11.0. The number of benzene rings is 1. The summed E-state index contributed by atoms with van der Waals surface area (Å²) in [6.45, 7) is 1.70. The first-order valence-corrected chi connectivity index (χ1v) is 7.65. The van der Waals surface area contributed by atoms with Gasteiger partial charge in [-0.25, -0.2) is 9.97 Å². The van der Waals surface area contributed by atoms with Gasteiger partial charge in [0.1, 0.15) is 16.8 Å². The molecule has 1 saturated carbocycles. The van der Waals surface area contributed by atoms with Gasteiger partial charge in [-0.1, -0.05) is 29.8 Å². The first-order chi connectivity index (χ1) is 10.2. The minimum Gasteiger partial charge on any atom is -0.373 e. The number of halogens is 1. The van der Waals surface area contributed by atoms with Crippen LogP contribution in [0, 0.1) is 0 Å². The van der Waals surface area contributed by atoms with Crippen LogP contribution in [-0.2, 0) is 0 Å². The number of likely N-dealkylation sites (N-methyl/N-ethyl adjacent to an activating group) is 1. The van der Waals surface area contributed by atoms with E-state index < -0.39 is 0 Å². The average molecular weight is 303 g/mol. The van der Waals surface area contributed by atoms with E-state index in [0.29, 0.717) is 11.1 Å². The maximum absolute atomic E-state index is 6.06. The molecule has 1 aromatic heterocycles. The second-order valence-electron chi connectivity index (χ2n) is 5.39. The van der Waals surface area contributed by atoms with Gasteiger partial charge in [-0.05, 0) is 25.0 Å². The van der Waals surface area contributed by atoms with Crippen LogP contribution in [0.2, 0.25) is 5.15 Å². The summed E-state index contributed by atoms with van der Waals surface area (Å²) in [6.07, 6.45) is 2.35. The maximum Gasteiger partial charge on any atom is 0.135 e. The SMILES string of the molecule is CN(CCNc1cc(Cl)nc(C2CC2)n1)c1ccccc1. The first kappa shape index (κ1) is 14.1. The first-order valence-electron chi connectivity index (χ1n) is 7.27. The smallest absolute Gasteiger partial charge is 0.135 e. The Labute approximate surface area is 130 Å². The fourth-order valence-corrected chi connectivity index (χ4v) is 2.40. The van der Waals surface area contributed by atoms with Crippen molar-refractivity contribution in [2.45, 2.75) is 18.8 Å². The van der Waals surface area contributed by atoms with Crippen LogP contribution >= 0.6 is 11.6 Å². The van der Waals surface area contributed by atoms with Gasteiger partial charge in [0.05, 0.1) is 0 Å². The predicted octanol–water partition coefficient (Wildman–Crippen LogP) is 3.56. The lowest BCUT2D eigenvalue weighted by molar-refractivity contribution is 0.890. The predicted molar refractivity (Wildman–Crippen MR) is 87.2 cm³/mol. The van der Waals surface area contributed by atoms with Crippen molar-refractivity contribution in [1.82, 2.24) is 9.97 Å². The Balaban J connectivity index is 1.55. The van der Waals surface area contributed by atoms with Gasteiger partial charge >= 0.3 is 0 Å². The quantitative estimate of drug-likeness (QED) is 0.829. The van der Waals surface area contributed by atoms with E-state index in [2.05, 4.69) is 39.4 Å². The highest BCUT2D eigenvalue weighted by Crippen LogP contribution is 2.38. The highest BCUT2D eigenvalue weighted by molar-refractivity contribution is 6.29. The third-order valence-corrected chi connectivity index (χ3v) is 3.80. The Kier molecular flexibility index (Phi) is 4.25. The molecule has 0 saturated heterocycles. The van der Waals surface area contributed by atoms with Crippen LogP contribution in [0.25, 0.3) is 0 Å². The molecular weight excluding hydrogens is 284 g/mol. The van der Waals surface area contributed by atoms with Crippen LogP contribution in [0.3, 0.4) is 0 Å². The van der Waals surface area contributed by atoms with Gasteiger partial charge < -0.3 is 10.2 Å². The second-order valence-corrected chi connectivity index (χ2v) is 5.78. The highest BCUT2D eigenvalue weighted by atomic mass is 35.5. The third-order valence-electron chi connectivity index (χ3n) is 3.60. The van der Waals surface area contributed by atoms with E-state index in [9.17, 15) is 0 Å². The maximum atomic E-state index is 6.06. The molecule has 3 rings (SSSR count). The van der Waals surface area contributed by atoms with Crippen LogP contribution in [0.15, 0.2) is 36.4 Å². The summed E-state index contributed by atoms with van der Waals surface area (Å²) in [5.74, 6) is 2.20.